The molecule has 0 fully saturated rings. The van der Waals surface area contributed by atoms with E-state index in [4.69, 9.17) is 4.74 Å². The number of hydrogen-bond donors (Lipinski definition) is 1. The quantitative estimate of drug-likeness (QED) is 0.626. The SMILES string of the molecule is O=c1[nH]ncc2c1ccn2-c1ccc(Oc2ccccc2F)cc1. The smallest absolute Gasteiger partial charge is 0.273 e. The van der Waals surface area contributed by atoms with Crippen molar-refractivity contribution in [1.82, 2.24) is 14.8 Å². The number of rotatable bonds is 3. The van der Waals surface area contributed by atoms with Gasteiger partial charge in [0.2, 0.25) is 0 Å². The third-order valence-electron chi connectivity index (χ3n) is 3.70. The maximum absolute atomic E-state index is 13.6. The second-order valence-electron chi connectivity index (χ2n) is 5.21. The summed E-state index contributed by atoms with van der Waals surface area (Å²) >= 11 is 0. The fourth-order valence-corrected chi connectivity index (χ4v) is 2.53. The van der Waals surface area contributed by atoms with Crippen molar-refractivity contribution in [3.63, 3.8) is 0 Å². The molecule has 118 valence electrons. The number of benzene rings is 2. The second kappa shape index (κ2) is 5.66. The Morgan fingerprint density at radius 2 is 1.83 bits per heavy atom. The van der Waals surface area contributed by atoms with E-state index in [1.54, 1.807) is 48.8 Å². The van der Waals surface area contributed by atoms with Gasteiger partial charge in [0.1, 0.15) is 5.75 Å². The van der Waals surface area contributed by atoms with E-state index in [-0.39, 0.29) is 11.3 Å². The monoisotopic (exact) mass is 321 g/mol. The number of halogens is 1. The lowest BCUT2D eigenvalue weighted by molar-refractivity contribution is 0.442. The topological polar surface area (TPSA) is 59.9 Å². The van der Waals surface area contributed by atoms with Crippen molar-refractivity contribution < 1.29 is 9.13 Å². The van der Waals surface area contributed by atoms with Crippen LogP contribution in [0.2, 0.25) is 0 Å². The van der Waals surface area contributed by atoms with Crippen LogP contribution >= 0.6 is 0 Å². The van der Waals surface area contributed by atoms with E-state index in [1.165, 1.54) is 6.07 Å². The summed E-state index contributed by atoms with van der Waals surface area (Å²) in [5.74, 6) is 0.284. The zero-order valence-electron chi connectivity index (χ0n) is 12.4. The minimum absolute atomic E-state index is 0.174. The minimum atomic E-state index is -0.414. The molecule has 0 atom stereocenters. The molecule has 4 rings (SSSR count). The first-order valence-corrected chi connectivity index (χ1v) is 7.30. The molecule has 2 aromatic heterocycles. The van der Waals surface area contributed by atoms with E-state index in [0.29, 0.717) is 16.7 Å². The first-order valence-electron chi connectivity index (χ1n) is 7.30. The summed E-state index contributed by atoms with van der Waals surface area (Å²) in [5.41, 5.74) is 1.32. The maximum atomic E-state index is 13.6. The minimum Gasteiger partial charge on any atom is -0.454 e. The normalized spacial score (nSPS) is 10.9. The van der Waals surface area contributed by atoms with E-state index < -0.39 is 5.82 Å². The maximum Gasteiger partial charge on any atom is 0.273 e. The average Bonchev–Trinajstić information content (AvgIpc) is 3.03. The van der Waals surface area contributed by atoms with Crippen LogP contribution in [0.1, 0.15) is 0 Å². The van der Waals surface area contributed by atoms with Crippen molar-refractivity contribution in [3.8, 4) is 17.2 Å². The molecular weight excluding hydrogens is 309 g/mol. The number of hydrogen-bond acceptors (Lipinski definition) is 3. The van der Waals surface area contributed by atoms with Gasteiger partial charge in [-0.1, -0.05) is 12.1 Å². The summed E-state index contributed by atoms with van der Waals surface area (Å²) in [6.07, 6.45) is 3.40. The summed E-state index contributed by atoms with van der Waals surface area (Å²) in [7, 11) is 0. The highest BCUT2D eigenvalue weighted by Crippen LogP contribution is 2.25. The van der Waals surface area contributed by atoms with Crippen molar-refractivity contribution in [1.29, 1.82) is 0 Å². The molecular formula is C18H12FN3O2. The zero-order chi connectivity index (χ0) is 16.5. The molecule has 0 radical (unpaired) electrons. The molecule has 0 aliphatic carbocycles. The molecule has 2 heterocycles. The Morgan fingerprint density at radius 1 is 1.04 bits per heavy atom. The van der Waals surface area contributed by atoms with Crippen LogP contribution in [0.3, 0.4) is 0 Å². The number of aromatic nitrogens is 3. The van der Waals surface area contributed by atoms with E-state index >= 15 is 0 Å². The summed E-state index contributed by atoms with van der Waals surface area (Å²) in [6.45, 7) is 0. The van der Waals surface area contributed by atoms with E-state index in [2.05, 4.69) is 10.2 Å². The first-order chi connectivity index (χ1) is 11.7. The second-order valence-corrected chi connectivity index (χ2v) is 5.21. The Hall–Kier alpha value is -3.41. The highest BCUT2D eigenvalue weighted by Gasteiger charge is 2.07. The number of H-pyrrole nitrogens is 1. The van der Waals surface area contributed by atoms with Gasteiger partial charge in [0.25, 0.3) is 5.56 Å². The number of nitrogens with zero attached hydrogens (tertiary/aromatic N) is 2. The fraction of sp³-hybridized carbons (Fsp3) is 0. The number of fused-ring (bicyclic) bond motifs is 1. The molecule has 0 saturated heterocycles. The Balaban J connectivity index is 1.67. The molecule has 0 spiro atoms. The molecule has 0 aliphatic heterocycles. The van der Waals surface area contributed by atoms with Crippen molar-refractivity contribution >= 4 is 10.9 Å². The van der Waals surface area contributed by atoms with Gasteiger partial charge in [-0.25, -0.2) is 9.49 Å². The van der Waals surface area contributed by atoms with Gasteiger partial charge in [-0.15, -0.1) is 0 Å². The lowest BCUT2D eigenvalue weighted by Gasteiger charge is -2.09. The fourth-order valence-electron chi connectivity index (χ4n) is 2.53. The Morgan fingerprint density at radius 3 is 2.62 bits per heavy atom. The molecule has 0 aliphatic rings. The third-order valence-corrected chi connectivity index (χ3v) is 3.70. The summed E-state index contributed by atoms with van der Waals surface area (Å²) in [5, 5.41) is 6.80. The van der Waals surface area contributed by atoms with E-state index in [1.807, 2.05) is 16.7 Å². The molecule has 0 amide bonds. The Labute approximate surface area is 135 Å². The van der Waals surface area contributed by atoms with Crippen LogP contribution in [0.5, 0.6) is 11.5 Å². The van der Waals surface area contributed by atoms with E-state index in [0.717, 1.165) is 5.69 Å². The molecule has 0 bridgehead atoms. The molecule has 0 unspecified atom stereocenters. The summed E-state index contributed by atoms with van der Waals surface area (Å²) < 4.78 is 21.0. The van der Waals surface area contributed by atoms with Gasteiger partial charge >= 0.3 is 0 Å². The molecule has 4 aromatic rings. The van der Waals surface area contributed by atoms with Gasteiger partial charge in [0.15, 0.2) is 11.6 Å². The Bertz CT molecular complexity index is 1070. The van der Waals surface area contributed by atoms with Crippen LogP contribution in [0.4, 0.5) is 4.39 Å². The molecule has 2 aromatic carbocycles. The molecule has 24 heavy (non-hydrogen) atoms. The van der Waals surface area contributed by atoms with Gasteiger partial charge < -0.3 is 9.30 Å². The van der Waals surface area contributed by atoms with E-state index in [9.17, 15) is 9.18 Å². The van der Waals surface area contributed by atoms with Crippen molar-refractivity contribution in [2.45, 2.75) is 0 Å². The largest absolute Gasteiger partial charge is 0.454 e. The van der Waals surface area contributed by atoms with Crippen LogP contribution in [0.15, 0.2) is 71.8 Å². The molecule has 5 nitrogen and oxygen atoms in total. The highest BCUT2D eigenvalue weighted by atomic mass is 19.1. The van der Waals surface area contributed by atoms with Crippen LogP contribution in [0.25, 0.3) is 16.6 Å². The van der Waals surface area contributed by atoms with Crippen molar-refractivity contribution in [2.24, 2.45) is 0 Å². The van der Waals surface area contributed by atoms with Crippen molar-refractivity contribution in [3.05, 3.63) is 83.2 Å². The van der Waals surface area contributed by atoms with Gasteiger partial charge in [-0.3, -0.25) is 4.79 Å². The van der Waals surface area contributed by atoms with Crippen LogP contribution in [0, 0.1) is 5.82 Å². The Kier molecular flexibility index (Phi) is 3.35. The molecule has 1 N–H and O–H groups in total. The first kappa shape index (κ1) is 14.2. The van der Waals surface area contributed by atoms with Gasteiger partial charge in [0, 0.05) is 11.9 Å². The average molecular weight is 321 g/mol. The van der Waals surface area contributed by atoms with Gasteiger partial charge in [0.05, 0.1) is 17.1 Å². The van der Waals surface area contributed by atoms with Gasteiger partial charge in [-0.05, 0) is 42.5 Å². The zero-order valence-corrected chi connectivity index (χ0v) is 12.4. The standard InChI is InChI=1S/C18H12FN3O2/c19-15-3-1-2-4-17(15)24-13-7-5-12(6-8-13)22-10-9-14-16(22)11-20-21-18(14)23/h1-11H,(H,21,23). The van der Waals surface area contributed by atoms with Crippen LogP contribution < -0.4 is 10.3 Å². The predicted octanol–water partition coefficient (Wildman–Crippen LogP) is 3.65. The molecule has 0 saturated carbocycles. The molecule has 6 heteroatoms. The number of aromatic amines is 1. The lowest BCUT2D eigenvalue weighted by Crippen LogP contribution is -2.07. The lowest BCUT2D eigenvalue weighted by atomic mass is 10.3. The highest BCUT2D eigenvalue weighted by molar-refractivity contribution is 5.79. The summed E-state index contributed by atoms with van der Waals surface area (Å²) in [6, 6.07) is 15.1. The van der Waals surface area contributed by atoms with Crippen LogP contribution in [-0.4, -0.2) is 14.8 Å². The predicted molar refractivity (Wildman–Crippen MR) is 88.2 cm³/mol. The third kappa shape index (κ3) is 2.44. The number of para-hydroxylation sites is 1. The van der Waals surface area contributed by atoms with Crippen LogP contribution in [-0.2, 0) is 0 Å². The number of nitrogens with one attached hydrogen (secondary N) is 1. The van der Waals surface area contributed by atoms with Gasteiger partial charge in [-0.2, -0.15) is 5.10 Å². The summed E-state index contributed by atoms with van der Waals surface area (Å²) in [4.78, 5) is 11.7. The van der Waals surface area contributed by atoms with Crippen molar-refractivity contribution in [2.75, 3.05) is 0 Å². The number of ether oxygens (including phenoxy) is 1.